The van der Waals surface area contributed by atoms with E-state index >= 15 is 0 Å². The van der Waals surface area contributed by atoms with Crippen LogP contribution in [0.5, 0.6) is 5.75 Å². The van der Waals surface area contributed by atoms with Crippen LogP contribution in [0, 0.1) is 5.92 Å². The molecule has 2 N–H and O–H groups in total. The number of fused-ring (bicyclic) bond motifs is 1. The lowest BCUT2D eigenvalue weighted by Gasteiger charge is -2.06. The van der Waals surface area contributed by atoms with Gasteiger partial charge in [0, 0.05) is 12.0 Å². The Labute approximate surface area is 124 Å². The van der Waals surface area contributed by atoms with Crippen LogP contribution in [0.2, 0.25) is 0 Å². The van der Waals surface area contributed by atoms with Crippen molar-refractivity contribution in [1.82, 2.24) is 10.1 Å². The molecule has 5 nitrogen and oxygen atoms in total. The highest BCUT2D eigenvalue weighted by Crippen LogP contribution is 2.36. The van der Waals surface area contributed by atoms with Crippen LogP contribution < -0.4 is 10.5 Å². The minimum atomic E-state index is 0.0835. The Morgan fingerprint density at radius 1 is 1.33 bits per heavy atom. The largest absolute Gasteiger partial charge is 0.492 e. The molecule has 1 aliphatic rings. The summed E-state index contributed by atoms with van der Waals surface area (Å²) in [6.07, 6.45) is 2.87. The average molecular weight is 287 g/mol. The van der Waals surface area contributed by atoms with Crippen molar-refractivity contribution in [3.05, 3.63) is 41.5 Å². The van der Waals surface area contributed by atoms with Gasteiger partial charge in [0.2, 0.25) is 5.89 Å². The van der Waals surface area contributed by atoms with Crippen molar-refractivity contribution in [1.29, 1.82) is 0 Å². The van der Waals surface area contributed by atoms with Crippen molar-refractivity contribution in [2.24, 2.45) is 11.7 Å². The number of nitrogens with zero attached hydrogens (tertiary/aromatic N) is 2. The second-order valence-electron chi connectivity index (χ2n) is 5.67. The first-order valence-corrected chi connectivity index (χ1v) is 7.52. The lowest BCUT2D eigenvalue weighted by Crippen LogP contribution is -2.07. The zero-order valence-corrected chi connectivity index (χ0v) is 12.3. The molecule has 1 aliphatic heterocycles. The molecule has 1 aromatic heterocycles. The van der Waals surface area contributed by atoms with E-state index in [0.29, 0.717) is 18.4 Å². The molecule has 0 spiro atoms. The predicted molar refractivity (Wildman–Crippen MR) is 79.2 cm³/mol. The molecule has 0 bridgehead atoms. The number of ether oxygens (including phenoxy) is 1. The Morgan fingerprint density at radius 2 is 2.19 bits per heavy atom. The summed E-state index contributed by atoms with van der Waals surface area (Å²) in [6, 6.07) is 8.02. The summed E-state index contributed by atoms with van der Waals surface area (Å²) in [5.41, 5.74) is 6.71. The van der Waals surface area contributed by atoms with E-state index < -0.39 is 0 Å². The summed E-state index contributed by atoms with van der Waals surface area (Å²) in [5.74, 6) is 3.02. The molecule has 2 atom stereocenters. The van der Waals surface area contributed by atoms with Gasteiger partial charge in [-0.3, -0.25) is 0 Å². The van der Waals surface area contributed by atoms with E-state index in [9.17, 15) is 0 Å². The number of aromatic nitrogens is 2. The summed E-state index contributed by atoms with van der Waals surface area (Å²) in [5, 5.41) is 4.13. The highest BCUT2D eigenvalue weighted by atomic mass is 16.5. The first-order chi connectivity index (χ1) is 10.3. The van der Waals surface area contributed by atoms with E-state index in [-0.39, 0.29) is 5.92 Å². The molecule has 0 saturated carbocycles. The summed E-state index contributed by atoms with van der Waals surface area (Å²) in [6.45, 7) is 3.51. The van der Waals surface area contributed by atoms with Crippen molar-refractivity contribution in [2.45, 2.75) is 32.1 Å². The Balaban J connectivity index is 1.66. The van der Waals surface area contributed by atoms with E-state index in [0.717, 1.165) is 42.9 Å². The van der Waals surface area contributed by atoms with Gasteiger partial charge in [-0.25, -0.2) is 0 Å². The van der Waals surface area contributed by atoms with Crippen molar-refractivity contribution in [3.8, 4) is 5.75 Å². The molecule has 0 aliphatic carbocycles. The van der Waals surface area contributed by atoms with Gasteiger partial charge in [-0.2, -0.15) is 4.98 Å². The molecule has 2 unspecified atom stereocenters. The number of nitrogens with two attached hydrogens (primary N) is 1. The third-order valence-corrected chi connectivity index (χ3v) is 4.01. The predicted octanol–water partition coefficient (Wildman–Crippen LogP) is 2.51. The van der Waals surface area contributed by atoms with Crippen LogP contribution in [0.4, 0.5) is 0 Å². The van der Waals surface area contributed by atoms with Crippen LogP contribution in [0.3, 0.4) is 0 Å². The maximum Gasteiger partial charge on any atom is 0.226 e. The fourth-order valence-corrected chi connectivity index (χ4v) is 2.69. The molecule has 1 aromatic carbocycles. The molecule has 112 valence electrons. The molecule has 2 heterocycles. The van der Waals surface area contributed by atoms with Crippen LogP contribution in [-0.2, 0) is 6.42 Å². The molecule has 2 aromatic rings. The van der Waals surface area contributed by atoms with Gasteiger partial charge < -0.3 is 15.0 Å². The Hall–Kier alpha value is -1.88. The molecule has 0 amide bonds. The smallest absolute Gasteiger partial charge is 0.226 e. The standard InChI is InChI=1S/C16H21N3O2/c1-11(8-9-17)6-7-15-18-16(19-21-15)13-10-20-14-5-3-2-4-12(13)14/h2-5,11,13H,6-10,17H2,1H3. The third kappa shape index (κ3) is 3.08. The van der Waals surface area contributed by atoms with Gasteiger partial charge in [0.25, 0.3) is 0 Å². The lowest BCUT2D eigenvalue weighted by molar-refractivity contribution is 0.330. The molecule has 5 heteroatoms. The Bertz CT molecular complexity index is 597. The minimum Gasteiger partial charge on any atom is -0.492 e. The quantitative estimate of drug-likeness (QED) is 0.883. The maximum atomic E-state index is 5.67. The molecular formula is C16H21N3O2. The summed E-state index contributed by atoms with van der Waals surface area (Å²) >= 11 is 0. The van der Waals surface area contributed by atoms with E-state index in [1.165, 1.54) is 0 Å². The van der Waals surface area contributed by atoms with E-state index in [2.05, 4.69) is 23.1 Å². The number of hydrogen-bond donors (Lipinski definition) is 1. The third-order valence-electron chi connectivity index (χ3n) is 4.01. The normalized spacial score (nSPS) is 18.3. The molecule has 0 saturated heterocycles. The lowest BCUT2D eigenvalue weighted by atomic mass is 10.0. The van der Waals surface area contributed by atoms with Crippen molar-refractivity contribution in [2.75, 3.05) is 13.2 Å². The van der Waals surface area contributed by atoms with Gasteiger partial charge in [0.1, 0.15) is 12.4 Å². The van der Waals surface area contributed by atoms with Gasteiger partial charge in [-0.1, -0.05) is 30.3 Å². The van der Waals surface area contributed by atoms with Gasteiger partial charge in [0.05, 0.1) is 5.92 Å². The van der Waals surface area contributed by atoms with Gasteiger partial charge in [-0.05, 0) is 31.4 Å². The van der Waals surface area contributed by atoms with E-state index in [4.69, 9.17) is 15.0 Å². The van der Waals surface area contributed by atoms with Crippen molar-refractivity contribution in [3.63, 3.8) is 0 Å². The van der Waals surface area contributed by atoms with Gasteiger partial charge in [-0.15, -0.1) is 0 Å². The molecule has 3 rings (SSSR count). The second kappa shape index (κ2) is 6.26. The van der Waals surface area contributed by atoms with Crippen molar-refractivity contribution >= 4 is 0 Å². The summed E-state index contributed by atoms with van der Waals surface area (Å²) in [7, 11) is 0. The first kappa shape index (κ1) is 14.1. The maximum absolute atomic E-state index is 5.67. The topological polar surface area (TPSA) is 74.2 Å². The number of hydrogen-bond acceptors (Lipinski definition) is 5. The second-order valence-corrected chi connectivity index (χ2v) is 5.67. The molecular weight excluding hydrogens is 266 g/mol. The Kier molecular flexibility index (Phi) is 4.20. The summed E-state index contributed by atoms with van der Waals surface area (Å²) in [4.78, 5) is 4.53. The molecule has 0 radical (unpaired) electrons. The molecule has 21 heavy (non-hydrogen) atoms. The Morgan fingerprint density at radius 3 is 3.05 bits per heavy atom. The minimum absolute atomic E-state index is 0.0835. The number of benzene rings is 1. The van der Waals surface area contributed by atoms with E-state index in [1.54, 1.807) is 0 Å². The van der Waals surface area contributed by atoms with Crippen LogP contribution in [0.1, 0.15) is 43.0 Å². The number of rotatable bonds is 6. The van der Waals surface area contributed by atoms with Gasteiger partial charge >= 0.3 is 0 Å². The number of para-hydroxylation sites is 1. The number of aryl methyl sites for hydroxylation is 1. The van der Waals surface area contributed by atoms with Crippen LogP contribution in [0.25, 0.3) is 0 Å². The average Bonchev–Trinajstić information content (AvgIpc) is 3.12. The zero-order valence-electron chi connectivity index (χ0n) is 12.3. The summed E-state index contributed by atoms with van der Waals surface area (Å²) < 4.78 is 11.0. The fourth-order valence-electron chi connectivity index (χ4n) is 2.69. The monoisotopic (exact) mass is 287 g/mol. The van der Waals surface area contributed by atoms with Crippen molar-refractivity contribution < 1.29 is 9.26 Å². The van der Waals surface area contributed by atoms with Crippen LogP contribution >= 0.6 is 0 Å². The highest BCUT2D eigenvalue weighted by molar-refractivity contribution is 5.42. The molecule has 0 fully saturated rings. The first-order valence-electron chi connectivity index (χ1n) is 7.52. The highest BCUT2D eigenvalue weighted by Gasteiger charge is 2.29. The SMILES string of the molecule is CC(CCN)CCc1nc(C2COc3ccccc32)no1. The van der Waals surface area contributed by atoms with Crippen LogP contribution in [0.15, 0.2) is 28.8 Å². The fraction of sp³-hybridized carbons (Fsp3) is 0.500. The van der Waals surface area contributed by atoms with Gasteiger partial charge in [0.15, 0.2) is 5.82 Å². The zero-order chi connectivity index (χ0) is 14.7. The van der Waals surface area contributed by atoms with E-state index in [1.807, 2.05) is 18.2 Å². The van der Waals surface area contributed by atoms with Crippen LogP contribution in [-0.4, -0.2) is 23.3 Å².